The molecule has 0 spiro atoms. The molecular formula is C8H11NO3. The van der Waals surface area contributed by atoms with Gasteiger partial charge in [0.15, 0.2) is 0 Å². The zero-order valence-corrected chi connectivity index (χ0v) is 6.83. The van der Waals surface area contributed by atoms with Gasteiger partial charge >= 0.3 is 5.97 Å². The molecule has 1 amide bonds. The lowest BCUT2D eigenvalue weighted by Crippen LogP contribution is -2.47. The highest BCUT2D eigenvalue weighted by molar-refractivity contribution is 5.82. The van der Waals surface area contributed by atoms with Gasteiger partial charge in [-0.05, 0) is 18.8 Å². The number of carboxylic acids is 1. The quantitative estimate of drug-likeness (QED) is 0.610. The highest BCUT2D eigenvalue weighted by atomic mass is 16.4. The molecule has 2 aliphatic carbocycles. The van der Waals surface area contributed by atoms with E-state index >= 15 is 0 Å². The van der Waals surface area contributed by atoms with Crippen molar-refractivity contribution in [3.8, 4) is 0 Å². The molecule has 0 aromatic heterocycles. The Bertz CT molecular complexity index is 263. The van der Waals surface area contributed by atoms with E-state index in [0.717, 1.165) is 6.42 Å². The Labute approximate surface area is 69.9 Å². The van der Waals surface area contributed by atoms with Crippen molar-refractivity contribution in [2.24, 2.45) is 11.3 Å². The first-order chi connectivity index (χ1) is 5.56. The first-order valence-corrected chi connectivity index (χ1v) is 4.07. The molecular weight excluding hydrogens is 158 g/mol. The van der Waals surface area contributed by atoms with Crippen LogP contribution in [0.4, 0.5) is 0 Å². The minimum atomic E-state index is -0.700. The van der Waals surface area contributed by atoms with Crippen LogP contribution in [0.1, 0.15) is 19.8 Å². The maximum absolute atomic E-state index is 10.7. The summed E-state index contributed by atoms with van der Waals surface area (Å²) in [6, 6.07) is 0.124. The maximum atomic E-state index is 10.7. The Morgan fingerprint density at radius 2 is 2.17 bits per heavy atom. The molecule has 4 heteroatoms. The molecule has 2 fully saturated rings. The number of carbonyl (C=O) groups is 2. The highest BCUT2D eigenvalue weighted by Gasteiger charge is 2.72. The Kier molecular flexibility index (Phi) is 1.26. The molecule has 3 atom stereocenters. The normalized spacial score (nSPS) is 42.4. The molecule has 66 valence electrons. The molecule has 0 aliphatic heterocycles. The zero-order valence-electron chi connectivity index (χ0n) is 6.83. The summed E-state index contributed by atoms with van der Waals surface area (Å²) in [6.07, 6.45) is 1.36. The number of hydrogen-bond donors (Lipinski definition) is 2. The Morgan fingerprint density at radius 3 is 2.50 bits per heavy atom. The van der Waals surface area contributed by atoms with E-state index in [1.807, 2.05) is 0 Å². The molecule has 0 heterocycles. The smallest absolute Gasteiger partial charge is 0.310 e. The summed E-state index contributed by atoms with van der Waals surface area (Å²) in [5.41, 5.74) is -0.451. The van der Waals surface area contributed by atoms with Gasteiger partial charge in [-0.15, -0.1) is 0 Å². The summed E-state index contributed by atoms with van der Waals surface area (Å²) in [5, 5.41) is 11.5. The lowest BCUT2D eigenvalue weighted by atomic mass is 9.80. The average Bonchev–Trinajstić information content (AvgIpc) is 2.52. The van der Waals surface area contributed by atoms with E-state index in [4.69, 9.17) is 5.11 Å². The second kappa shape index (κ2) is 2.00. The van der Waals surface area contributed by atoms with Crippen LogP contribution in [-0.2, 0) is 9.59 Å². The van der Waals surface area contributed by atoms with Gasteiger partial charge in [-0.2, -0.15) is 0 Å². The molecule has 2 N–H and O–H groups in total. The van der Waals surface area contributed by atoms with E-state index in [1.54, 1.807) is 0 Å². The van der Waals surface area contributed by atoms with E-state index in [1.165, 1.54) is 6.92 Å². The van der Waals surface area contributed by atoms with Gasteiger partial charge in [-0.3, -0.25) is 9.59 Å². The average molecular weight is 169 g/mol. The van der Waals surface area contributed by atoms with Crippen LogP contribution in [0, 0.1) is 11.3 Å². The fourth-order valence-corrected chi connectivity index (χ4v) is 2.22. The molecule has 0 unspecified atom stereocenters. The van der Waals surface area contributed by atoms with Crippen LogP contribution in [0.5, 0.6) is 0 Å². The second-order valence-corrected chi connectivity index (χ2v) is 3.78. The molecule has 4 nitrogen and oxygen atoms in total. The molecule has 0 bridgehead atoms. The lowest BCUT2D eigenvalue weighted by Gasteiger charge is -2.31. The van der Waals surface area contributed by atoms with Crippen LogP contribution in [0.2, 0.25) is 0 Å². The van der Waals surface area contributed by atoms with Crippen molar-refractivity contribution in [2.45, 2.75) is 25.8 Å². The number of aliphatic carboxylic acids is 1. The van der Waals surface area contributed by atoms with Gasteiger partial charge in [0.2, 0.25) is 5.91 Å². The molecule has 2 rings (SSSR count). The van der Waals surface area contributed by atoms with E-state index in [9.17, 15) is 9.59 Å². The number of rotatable bonds is 2. The topological polar surface area (TPSA) is 66.4 Å². The number of nitrogens with one attached hydrogen (secondary N) is 1. The van der Waals surface area contributed by atoms with Crippen LogP contribution in [-0.4, -0.2) is 23.0 Å². The van der Waals surface area contributed by atoms with E-state index in [-0.39, 0.29) is 17.9 Å². The van der Waals surface area contributed by atoms with Crippen molar-refractivity contribution in [3.63, 3.8) is 0 Å². The maximum Gasteiger partial charge on any atom is 0.310 e. The van der Waals surface area contributed by atoms with E-state index in [2.05, 4.69) is 5.32 Å². The van der Waals surface area contributed by atoms with Gasteiger partial charge in [0.1, 0.15) is 0 Å². The zero-order chi connectivity index (χ0) is 8.93. The number of carboxylic acid groups (broad SMARTS) is 1. The SMILES string of the molecule is CC(=O)N[C@@H]1C[C@]2(C(=O)O)C[C@H]12. The van der Waals surface area contributed by atoms with Gasteiger partial charge in [0.05, 0.1) is 5.41 Å². The van der Waals surface area contributed by atoms with Crippen molar-refractivity contribution < 1.29 is 14.7 Å². The third-order valence-electron chi connectivity index (χ3n) is 3.02. The summed E-state index contributed by atoms with van der Waals surface area (Å²) < 4.78 is 0. The lowest BCUT2D eigenvalue weighted by molar-refractivity contribution is -0.148. The van der Waals surface area contributed by atoms with Gasteiger partial charge in [-0.1, -0.05) is 0 Å². The number of fused-ring (bicyclic) bond motifs is 1. The van der Waals surface area contributed by atoms with Gasteiger partial charge in [-0.25, -0.2) is 0 Å². The predicted molar refractivity (Wildman–Crippen MR) is 40.4 cm³/mol. The molecule has 0 aromatic rings. The summed E-state index contributed by atoms with van der Waals surface area (Å²) >= 11 is 0. The van der Waals surface area contributed by atoms with Crippen LogP contribution in [0.25, 0.3) is 0 Å². The van der Waals surface area contributed by atoms with Crippen LogP contribution < -0.4 is 5.32 Å². The summed E-state index contributed by atoms with van der Waals surface area (Å²) in [7, 11) is 0. The molecule has 0 saturated heterocycles. The first-order valence-electron chi connectivity index (χ1n) is 4.07. The summed E-state index contributed by atoms with van der Waals surface area (Å²) in [4.78, 5) is 21.3. The minimum absolute atomic E-state index is 0.0640. The van der Waals surface area contributed by atoms with E-state index in [0.29, 0.717) is 6.42 Å². The van der Waals surface area contributed by atoms with Crippen LogP contribution in [0.15, 0.2) is 0 Å². The molecule has 12 heavy (non-hydrogen) atoms. The minimum Gasteiger partial charge on any atom is -0.481 e. The van der Waals surface area contributed by atoms with Gasteiger partial charge in [0, 0.05) is 13.0 Å². The first kappa shape index (κ1) is 7.58. The van der Waals surface area contributed by atoms with Crippen molar-refractivity contribution in [1.29, 1.82) is 0 Å². The number of amides is 1. The van der Waals surface area contributed by atoms with Crippen molar-refractivity contribution >= 4 is 11.9 Å². The fourth-order valence-electron chi connectivity index (χ4n) is 2.22. The summed E-state index contributed by atoms with van der Waals surface area (Å²) in [5.74, 6) is -0.557. The van der Waals surface area contributed by atoms with Crippen molar-refractivity contribution in [1.82, 2.24) is 5.32 Å². The second-order valence-electron chi connectivity index (χ2n) is 3.78. The molecule has 0 aromatic carbocycles. The highest BCUT2D eigenvalue weighted by Crippen LogP contribution is 2.67. The largest absolute Gasteiger partial charge is 0.481 e. The van der Waals surface area contributed by atoms with Crippen molar-refractivity contribution in [2.75, 3.05) is 0 Å². The van der Waals surface area contributed by atoms with Crippen LogP contribution in [0.3, 0.4) is 0 Å². The van der Waals surface area contributed by atoms with Gasteiger partial charge < -0.3 is 10.4 Å². The van der Waals surface area contributed by atoms with Gasteiger partial charge in [0.25, 0.3) is 0 Å². The Balaban J connectivity index is 1.91. The number of hydrogen-bond acceptors (Lipinski definition) is 2. The fraction of sp³-hybridized carbons (Fsp3) is 0.750. The Morgan fingerprint density at radius 1 is 1.50 bits per heavy atom. The predicted octanol–water partition coefficient (Wildman–Crippen LogP) is -0.0143. The third-order valence-corrected chi connectivity index (χ3v) is 3.02. The molecule has 2 aliphatic rings. The third kappa shape index (κ3) is 0.777. The monoisotopic (exact) mass is 169 g/mol. The molecule has 2 saturated carbocycles. The summed E-state index contributed by atoms with van der Waals surface area (Å²) in [6.45, 7) is 1.46. The molecule has 0 radical (unpaired) electrons. The van der Waals surface area contributed by atoms with Crippen LogP contribution >= 0.6 is 0 Å². The number of carbonyl (C=O) groups excluding carboxylic acids is 1. The standard InChI is InChI=1S/C8H11NO3/c1-4(10)9-6-3-8(7(11)12)2-5(6)8/h5-6H,2-3H2,1H3,(H,9,10)(H,11,12)/t5-,6-,8-/m1/s1. The Hall–Kier alpha value is -1.06. The van der Waals surface area contributed by atoms with Crippen molar-refractivity contribution in [3.05, 3.63) is 0 Å². The van der Waals surface area contributed by atoms with E-state index < -0.39 is 11.4 Å².